The molecule has 4 rings (SSSR count). The minimum Gasteiger partial charge on any atom is -0.483 e. The average Bonchev–Trinajstić information content (AvgIpc) is 3.17. The zero-order valence-corrected chi connectivity index (χ0v) is 16.9. The SMILES string of the molecule is CC(C)c1ncc(-c2nccn2C[C@@H]2CCCN3CCCC[C@H]23)cn1.O=CO. The molecule has 0 unspecified atom stereocenters. The van der Waals surface area contributed by atoms with Gasteiger partial charge in [-0.3, -0.25) is 4.79 Å². The summed E-state index contributed by atoms with van der Waals surface area (Å²) in [5, 5.41) is 6.89. The first-order chi connectivity index (χ1) is 13.6. The summed E-state index contributed by atoms with van der Waals surface area (Å²) in [6, 6.07) is 0.761. The lowest BCUT2D eigenvalue weighted by atomic mass is 9.83. The van der Waals surface area contributed by atoms with Crippen molar-refractivity contribution < 1.29 is 9.90 Å². The van der Waals surface area contributed by atoms with Gasteiger partial charge in [0, 0.05) is 43.3 Å². The van der Waals surface area contributed by atoms with Crippen LogP contribution >= 0.6 is 0 Å². The Kier molecular flexibility index (Phi) is 7.14. The van der Waals surface area contributed by atoms with E-state index in [1.165, 1.54) is 45.2 Å². The molecular weight excluding hydrogens is 354 g/mol. The van der Waals surface area contributed by atoms with Crippen LogP contribution in [-0.4, -0.2) is 55.1 Å². The van der Waals surface area contributed by atoms with Crippen LogP contribution < -0.4 is 0 Å². The smallest absolute Gasteiger partial charge is 0.290 e. The summed E-state index contributed by atoms with van der Waals surface area (Å²) in [4.78, 5) is 24.7. The van der Waals surface area contributed by atoms with E-state index in [1.807, 2.05) is 18.6 Å². The molecule has 28 heavy (non-hydrogen) atoms. The normalized spacial score (nSPS) is 22.2. The fourth-order valence-electron chi connectivity index (χ4n) is 4.51. The van der Waals surface area contributed by atoms with Crippen LogP contribution in [0.3, 0.4) is 0 Å². The number of piperidine rings is 2. The van der Waals surface area contributed by atoms with Crippen molar-refractivity contribution in [1.29, 1.82) is 0 Å². The van der Waals surface area contributed by atoms with Gasteiger partial charge in [-0.15, -0.1) is 0 Å². The molecule has 1 N–H and O–H groups in total. The number of aromatic nitrogens is 4. The number of hydrogen-bond donors (Lipinski definition) is 1. The van der Waals surface area contributed by atoms with Crippen LogP contribution in [0.25, 0.3) is 11.4 Å². The van der Waals surface area contributed by atoms with Gasteiger partial charge in [0.1, 0.15) is 11.6 Å². The molecule has 0 saturated carbocycles. The highest BCUT2D eigenvalue weighted by Crippen LogP contribution is 2.32. The van der Waals surface area contributed by atoms with Gasteiger partial charge in [0.25, 0.3) is 6.47 Å². The Bertz CT molecular complexity index is 742. The molecule has 4 heterocycles. The minimum absolute atomic E-state index is 0.250. The Morgan fingerprint density at radius 3 is 2.57 bits per heavy atom. The van der Waals surface area contributed by atoms with Gasteiger partial charge < -0.3 is 14.6 Å². The van der Waals surface area contributed by atoms with Crippen LogP contribution in [0.15, 0.2) is 24.8 Å². The zero-order chi connectivity index (χ0) is 19.9. The summed E-state index contributed by atoms with van der Waals surface area (Å²) in [5.41, 5.74) is 1.02. The Balaban J connectivity index is 0.000000706. The van der Waals surface area contributed by atoms with E-state index in [0.717, 1.165) is 35.7 Å². The predicted molar refractivity (Wildman–Crippen MR) is 108 cm³/mol. The van der Waals surface area contributed by atoms with Crippen molar-refractivity contribution in [2.45, 2.75) is 64.5 Å². The standard InChI is InChI=1S/C20H29N5.CH2O2/c1-15(2)19-22-12-17(13-23-19)20-21-8-11-25(20)14-16-6-5-10-24-9-4-3-7-18(16)24;2-1-3/h8,11-13,15-16,18H,3-7,9-10,14H2,1-2H3;1H,(H,2,3)/t16-,18+;/m0./s1. The van der Waals surface area contributed by atoms with Crippen molar-refractivity contribution in [3.8, 4) is 11.4 Å². The molecule has 7 heteroatoms. The van der Waals surface area contributed by atoms with Gasteiger partial charge >= 0.3 is 0 Å². The molecule has 0 radical (unpaired) electrons. The van der Waals surface area contributed by atoms with Crippen molar-refractivity contribution >= 4 is 6.47 Å². The largest absolute Gasteiger partial charge is 0.483 e. The summed E-state index contributed by atoms with van der Waals surface area (Å²) in [6.07, 6.45) is 14.7. The lowest BCUT2D eigenvalue weighted by molar-refractivity contribution is -0.122. The second-order valence-corrected chi connectivity index (χ2v) is 7.99. The zero-order valence-electron chi connectivity index (χ0n) is 16.9. The van der Waals surface area contributed by atoms with Gasteiger partial charge in [0.05, 0.1) is 5.56 Å². The highest BCUT2D eigenvalue weighted by Gasteiger charge is 2.33. The second kappa shape index (κ2) is 9.78. The number of hydrogen-bond acceptors (Lipinski definition) is 5. The molecule has 152 valence electrons. The third-order valence-corrected chi connectivity index (χ3v) is 5.82. The van der Waals surface area contributed by atoms with Crippen LogP contribution in [-0.2, 0) is 11.3 Å². The molecule has 0 amide bonds. The van der Waals surface area contributed by atoms with Crippen molar-refractivity contribution in [1.82, 2.24) is 24.4 Å². The summed E-state index contributed by atoms with van der Waals surface area (Å²) in [6.45, 7) is 7.64. The van der Waals surface area contributed by atoms with Crippen molar-refractivity contribution in [2.75, 3.05) is 13.1 Å². The fourth-order valence-corrected chi connectivity index (χ4v) is 4.51. The molecule has 2 aliphatic rings. The van der Waals surface area contributed by atoms with Crippen LogP contribution in [0.1, 0.15) is 57.7 Å². The number of fused-ring (bicyclic) bond motifs is 1. The molecule has 2 atom stereocenters. The highest BCUT2D eigenvalue weighted by molar-refractivity contribution is 5.52. The summed E-state index contributed by atoms with van der Waals surface area (Å²) < 4.78 is 2.32. The monoisotopic (exact) mass is 385 g/mol. The summed E-state index contributed by atoms with van der Waals surface area (Å²) >= 11 is 0. The van der Waals surface area contributed by atoms with Gasteiger partial charge in [0.15, 0.2) is 0 Å². The fraction of sp³-hybridized carbons (Fsp3) is 0.619. The van der Waals surface area contributed by atoms with Gasteiger partial charge in [-0.25, -0.2) is 15.0 Å². The molecular formula is C21H31N5O2. The number of imidazole rings is 1. The lowest BCUT2D eigenvalue weighted by Crippen LogP contribution is -2.49. The number of nitrogens with zero attached hydrogens (tertiary/aromatic N) is 5. The van der Waals surface area contributed by atoms with Crippen LogP contribution in [0, 0.1) is 5.92 Å². The maximum Gasteiger partial charge on any atom is 0.290 e. The van der Waals surface area contributed by atoms with Gasteiger partial charge in [0.2, 0.25) is 0 Å². The van der Waals surface area contributed by atoms with E-state index in [9.17, 15) is 0 Å². The minimum atomic E-state index is -0.250. The van der Waals surface area contributed by atoms with E-state index >= 15 is 0 Å². The maximum atomic E-state index is 8.36. The van der Waals surface area contributed by atoms with Crippen LogP contribution in [0.4, 0.5) is 0 Å². The van der Waals surface area contributed by atoms with E-state index in [2.05, 4.69) is 44.5 Å². The Morgan fingerprint density at radius 2 is 1.86 bits per heavy atom. The molecule has 2 aliphatic heterocycles. The third kappa shape index (κ3) is 4.76. The second-order valence-electron chi connectivity index (χ2n) is 7.99. The molecule has 2 fully saturated rings. The quantitative estimate of drug-likeness (QED) is 0.812. The number of rotatable bonds is 4. The van der Waals surface area contributed by atoms with Crippen LogP contribution in [0.5, 0.6) is 0 Å². The van der Waals surface area contributed by atoms with E-state index in [4.69, 9.17) is 9.90 Å². The predicted octanol–water partition coefficient (Wildman–Crippen LogP) is 3.43. The molecule has 2 aromatic heterocycles. The maximum absolute atomic E-state index is 8.36. The van der Waals surface area contributed by atoms with Gasteiger partial charge in [-0.2, -0.15) is 0 Å². The summed E-state index contributed by atoms with van der Waals surface area (Å²) in [5.74, 6) is 2.99. The van der Waals surface area contributed by atoms with E-state index in [1.54, 1.807) is 0 Å². The van der Waals surface area contributed by atoms with Gasteiger partial charge in [-0.1, -0.05) is 20.3 Å². The Hall–Kier alpha value is -2.28. The Labute approximate surface area is 166 Å². The molecule has 0 aromatic carbocycles. The molecule has 2 aromatic rings. The van der Waals surface area contributed by atoms with Crippen molar-refractivity contribution in [3.05, 3.63) is 30.6 Å². The average molecular weight is 386 g/mol. The van der Waals surface area contributed by atoms with Crippen LogP contribution in [0.2, 0.25) is 0 Å². The first-order valence-corrected chi connectivity index (χ1v) is 10.3. The molecule has 7 nitrogen and oxygen atoms in total. The topological polar surface area (TPSA) is 84.1 Å². The molecule has 0 bridgehead atoms. The molecule has 0 spiro atoms. The van der Waals surface area contributed by atoms with Crippen molar-refractivity contribution in [2.24, 2.45) is 5.92 Å². The molecule has 0 aliphatic carbocycles. The van der Waals surface area contributed by atoms with Gasteiger partial charge in [-0.05, 0) is 44.7 Å². The van der Waals surface area contributed by atoms with Crippen molar-refractivity contribution in [3.63, 3.8) is 0 Å². The third-order valence-electron chi connectivity index (χ3n) is 5.82. The van der Waals surface area contributed by atoms with E-state index < -0.39 is 0 Å². The molecule has 2 saturated heterocycles. The first-order valence-electron chi connectivity index (χ1n) is 10.3. The highest BCUT2D eigenvalue weighted by atomic mass is 16.3. The van der Waals surface area contributed by atoms with E-state index in [-0.39, 0.29) is 6.47 Å². The number of carboxylic acid groups (broad SMARTS) is 1. The number of carbonyl (C=O) groups is 1. The Morgan fingerprint density at radius 1 is 1.14 bits per heavy atom. The lowest BCUT2D eigenvalue weighted by Gasteiger charge is -2.44. The van der Waals surface area contributed by atoms with E-state index in [0.29, 0.717) is 5.92 Å². The summed E-state index contributed by atoms with van der Waals surface area (Å²) in [7, 11) is 0. The first kappa shape index (κ1) is 20.5.